The van der Waals surface area contributed by atoms with Gasteiger partial charge in [-0.15, -0.1) is 0 Å². The van der Waals surface area contributed by atoms with Gasteiger partial charge in [0, 0.05) is 6.20 Å². The molecule has 0 aromatic carbocycles. The fourth-order valence-corrected chi connectivity index (χ4v) is 1.99. The average molecular weight is 220 g/mol. The van der Waals surface area contributed by atoms with Crippen LogP contribution in [0.25, 0.3) is 5.65 Å². The molecule has 0 fully saturated rings. The first kappa shape index (κ1) is 10.0. The highest BCUT2D eigenvalue weighted by molar-refractivity contribution is 6.33. The van der Waals surface area contributed by atoms with Crippen LogP contribution in [0.1, 0.15) is 17.0 Å². The van der Waals surface area contributed by atoms with Crippen molar-refractivity contribution in [3.05, 3.63) is 34.2 Å². The lowest BCUT2D eigenvalue weighted by Crippen LogP contribution is -1.94. The van der Waals surface area contributed by atoms with Crippen LogP contribution < -0.4 is 0 Å². The van der Waals surface area contributed by atoms with E-state index in [1.807, 2.05) is 30.5 Å². The summed E-state index contributed by atoms with van der Waals surface area (Å²) in [6.07, 6.45) is 2.31. The summed E-state index contributed by atoms with van der Waals surface area (Å²) in [5.41, 5.74) is 3.57. The van der Waals surface area contributed by atoms with E-state index in [0.717, 1.165) is 22.6 Å². The fraction of sp³-hybridized carbons (Fsp3) is 0.273. The first-order chi connectivity index (χ1) is 7.13. The average Bonchev–Trinajstić information content (AvgIpc) is 2.46. The summed E-state index contributed by atoms with van der Waals surface area (Å²) >= 11 is 6.08. The van der Waals surface area contributed by atoms with Crippen LogP contribution in [-0.4, -0.2) is 9.38 Å². The number of rotatable bonds is 1. The summed E-state index contributed by atoms with van der Waals surface area (Å²) in [6, 6.07) is 4.01. The quantitative estimate of drug-likeness (QED) is 0.740. The molecule has 0 unspecified atom stereocenters. The maximum absolute atomic E-state index is 8.74. The SMILES string of the molecule is Cc1cc(Cl)c2nc(C)c(CC#N)n2c1. The van der Waals surface area contributed by atoms with E-state index in [2.05, 4.69) is 11.1 Å². The molecule has 0 amide bonds. The van der Waals surface area contributed by atoms with Crippen LogP contribution in [0.15, 0.2) is 12.3 Å². The second-order valence-electron chi connectivity index (χ2n) is 3.54. The normalized spacial score (nSPS) is 10.5. The number of hydrogen-bond donors (Lipinski definition) is 0. The van der Waals surface area contributed by atoms with E-state index in [1.165, 1.54) is 0 Å². The lowest BCUT2D eigenvalue weighted by atomic mass is 10.2. The Morgan fingerprint density at radius 2 is 2.27 bits per heavy atom. The van der Waals surface area contributed by atoms with Crippen LogP contribution in [0.2, 0.25) is 5.02 Å². The Kier molecular flexibility index (Phi) is 2.37. The van der Waals surface area contributed by atoms with Gasteiger partial charge in [-0.2, -0.15) is 5.26 Å². The Morgan fingerprint density at radius 1 is 1.53 bits per heavy atom. The van der Waals surface area contributed by atoms with Gasteiger partial charge in [0.2, 0.25) is 0 Å². The molecule has 0 radical (unpaired) electrons. The number of aromatic nitrogens is 2. The molecule has 0 saturated carbocycles. The van der Waals surface area contributed by atoms with Crippen molar-refractivity contribution in [2.24, 2.45) is 0 Å². The van der Waals surface area contributed by atoms with E-state index >= 15 is 0 Å². The summed E-state index contributed by atoms with van der Waals surface area (Å²) in [6.45, 7) is 3.86. The molecule has 76 valence electrons. The molecule has 15 heavy (non-hydrogen) atoms. The van der Waals surface area contributed by atoms with Crippen LogP contribution in [0.5, 0.6) is 0 Å². The molecular weight excluding hydrogens is 210 g/mol. The van der Waals surface area contributed by atoms with Crippen LogP contribution in [0.3, 0.4) is 0 Å². The van der Waals surface area contributed by atoms with Gasteiger partial charge in [-0.25, -0.2) is 4.98 Å². The van der Waals surface area contributed by atoms with Crippen molar-refractivity contribution < 1.29 is 0 Å². The van der Waals surface area contributed by atoms with Gasteiger partial charge in [0.15, 0.2) is 5.65 Å². The van der Waals surface area contributed by atoms with Crippen LogP contribution in [0, 0.1) is 25.2 Å². The van der Waals surface area contributed by atoms with E-state index in [-0.39, 0.29) is 0 Å². The van der Waals surface area contributed by atoms with Gasteiger partial charge >= 0.3 is 0 Å². The maximum Gasteiger partial charge on any atom is 0.156 e. The van der Waals surface area contributed by atoms with Gasteiger partial charge in [0.1, 0.15) is 0 Å². The smallest absolute Gasteiger partial charge is 0.156 e. The predicted molar refractivity (Wildman–Crippen MR) is 59.0 cm³/mol. The van der Waals surface area contributed by atoms with Crippen molar-refractivity contribution >= 4 is 17.2 Å². The van der Waals surface area contributed by atoms with E-state index in [0.29, 0.717) is 11.4 Å². The van der Waals surface area contributed by atoms with Crippen LogP contribution in [0.4, 0.5) is 0 Å². The Hall–Kier alpha value is -1.53. The number of aryl methyl sites for hydroxylation is 2. The number of hydrogen-bond acceptors (Lipinski definition) is 2. The molecule has 3 nitrogen and oxygen atoms in total. The molecule has 4 heteroatoms. The Bertz CT molecular complexity index is 563. The Balaban J connectivity index is 2.81. The van der Waals surface area contributed by atoms with E-state index in [4.69, 9.17) is 16.9 Å². The Morgan fingerprint density at radius 3 is 2.93 bits per heavy atom. The van der Waals surface area contributed by atoms with Crippen molar-refractivity contribution in [1.82, 2.24) is 9.38 Å². The van der Waals surface area contributed by atoms with Crippen molar-refractivity contribution in [2.45, 2.75) is 20.3 Å². The highest BCUT2D eigenvalue weighted by Gasteiger charge is 2.10. The zero-order valence-corrected chi connectivity index (χ0v) is 9.34. The topological polar surface area (TPSA) is 41.1 Å². The van der Waals surface area contributed by atoms with E-state index < -0.39 is 0 Å². The molecule has 0 aliphatic rings. The van der Waals surface area contributed by atoms with E-state index in [9.17, 15) is 0 Å². The van der Waals surface area contributed by atoms with Gasteiger partial charge in [-0.3, -0.25) is 0 Å². The van der Waals surface area contributed by atoms with Gasteiger partial charge in [-0.1, -0.05) is 11.6 Å². The largest absolute Gasteiger partial charge is 0.301 e. The van der Waals surface area contributed by atoms with Crippen molar-refractivity contribution in [3.63, 3.8) is 0 Å². The van der Waals surface area contributed by atoms with Crippen LogP contribution in [-0.2, 0) is 6.42 Å². The number of nitrogens with zero attached hydrogens (tertiary/aromatic N) is 3. The van der Waals surface area contributed by atoms with Crippen LogP contribution >= 0.6 is 11.6 Å². The highest BCUT2D eigenvalue weighted by Crippen LogP contribution is 2.21. The molecule has 0 aliphatic heterocycles. The summed E-state index contributed by atoms with van der Waals surface area (Å²) in [7, 11) is 0. The first-order valence-electron chi connectivity index (χ1n) is 4.64. The summed E-state index contributed by atoms with van der Waals surface area (Å²) in [5, 5.41) is 9.36. The van der Waals surface area contributed by atoms with Gasteiger partial charge in [0.05, 0.1) is 28.9 Å². The third kappa shape index (κ3) is 1.57. The van der Waals surface area contributed by atoms with Crippen molar-refractivity contribution in [2.75, 3.05) is 0 Å². The number of pyridine rings is 1. The minimum Gasteiger partial charge on any atom is -0.301 e. The number of nitriles is 1. The van der Waals surface area contributed by atoms with E-state index in [1.54, 1.807) is 0 Å². The number of fused-ring (bicyclic) bond motifs is 1. The molecular formula is C11H10ClN3. The minimum atomic E-state index is 0.354. The van der Waals surface area contributed by atoms with Crippen molar-refractivity contribution in [3.8, 4) is 6.07 Å². The maximum atomic E-state index is 8.74. The monoisotopic (exact) mass is 219 g/mol. The highest BCUT2D eigenvalue weighted by atomic mass is 35.5. The zero-order chi connectivity index (χ0) is 11.0. The molecule has 2 rings (SSSR count). The molecule has 0 bridgehead atoms. The predicted octanol–water partition coefficient (Wildman–Crippen LogP) is 2.67. The third-order valence-corrected chi connectivity index (χ3v) is 2.64. The third-order valence-electron chi connectivity index (χ3n) is 2.36. The second-order valence-corrected chi connectivity index (χ2v) is 3.94. The molecule has 2 heterocycles. The molecule has 0 saturated heterocycles. The zero-order valence-electron chi connectivity index (χ0n) is 8.58. The first-order valence-corrected chi connectivity index (χ1v) is 5.02. The number of imidazole rings is 1. The minimum absolute atomic E-state index is 0.354. The molecule has 2 aromatic heterocycles. The lowest BCUT2D eigenvalue weighted by Gasteiger charge is -2.01. The van der Waals surface area contributed by atoms with Gasteiger partial charge in [0.25, 0.3) is 0 Å². The molecule has 0 aliphatic carbocycles. The molecule has 0 N–H and O–H groups in total. The molecule has 2 aromatic rings. The van der Waals surface area contributed by atoms with Gasteiger partial charge in [-0.05, 0) is 25.5 Å². The standard InChI is InChI=1S/C11H10ClN3/c1-7-5-9(12)11-14-8(2)10(3-4-13)15(11)6-7/h5-6H,3H2,1-2H3. The summed E-state index contributed by atoms with van der Waals surface area (Å²) in [4.78, 5) is 4.35. The summed E-state index contributed by atoms with van der Waals surface area (Å²) < 4.78 is 1.90. The summed E-state index contributed by atoms with van der Waals surface area (Å²) in [5.74, 6) is 0. The second kappa shape index (κ2) is 3.56. The molecule has 0 atom stereocenters. The van der Waals surface area contributed by atoms with Gasteiger partial charge < -0.3 is 4.40 Å². The number of halogens is 1. The lowest BCUT2D eigenvalue weighted by molar-refractivity contribution is 1.03. The fourth-order valence-electron chi connectivity index (χ4n) is 1.68. The molecule has 0 spiro atoms. The van der Waals surface area contributed by atoms with Crippen molar-refractivity contribution in [1.29, 1.82) is 5.26 Å². The Labute approximate surface area is 92.9 Å².